The van der Waals surface area contributed by atoms with Crippen LogP contribution in [0.2, 0.25) is 5.02 Å². The number of hydrogen-bond donors (Lipinski definition) is 1. The van der Waals surface area contributed by atoms with Gasteiger partial charge in [-0.3, -0.25) is 9.69 Å². The first-order valence-electron chi connectivity index (χ1n) is 10.1. The predicted molar refractivity (Wildman–Crippen MR) is 119 cm³/mol. The number of morpholine rings is 1. The molecule has 156 valence electrons. The van der Waals surface area contributed by atoms with Gasteiger partial charge in [0.05, 0.1) is 31.6 Å². The largest absolute Gasteiger partial charge is 0.379 e. The summed E-state index contributed by atoms with van der Waals surface area (Å²) in [6.07, 6.45) is 1.62. The number of aromatic nitrogens is 2. The fourth-order valence-electron chi connectivity index (χ4n) is 3.51. The van der Waals surface area contributed by atoms with Crippen LogP contribution in [0.15, 0.2) is 65.6 Å². The summed E-state index contributed by atoms with van der Waals surface area (Å²) in [7, 11) is 0. The minimum Gasteiger partial charge on any atom is -0.379 e. The summed E-state index contributed by atoms with van der Waals surface area (Å²) in [6.45, 7) is 5.38. The van der Waals surface area contributed by atoms with E-state index in [1.807, 2.05) is 30.3 Å². The minimum atomic E-state index is -0.299. The third-order valence-corrected chi connectivity index (χ3v) is 5.51. The van der Waals surface area contributed by atoms with Crippen molar-refractivity contribution in [1.82, 2.24) is 14.7 Å². The maximum Gasteiger partial charge on any atom is 0.287 e. The molecule has 7 heteroatoms. The van der Waals surface area contributed by atoms with Gasteiger partial charge in [-0.25, -0.2) is 4.68 Å². The molecule has 0 bridgehead atoms. The molecule has 4 rings (SSSR count). The molecule has 3 aromatic rings. The number of benzene rings is 2. The molecule has 0 radical (unpaired) electrons. The average molecular weight is 425 g/mol. The van der Waals surface area contributed by atoms with Gasteiger partial charge in [0.2, 0.25) is 0 Å². The van der Waals surface area contributed by atoms with Crippen molar-refractivity contribution in [3.63, 3.8) is 0 Å². The molecule has 0 atom stereocenters. The maximum absolute atomic E-state index is 12.6. The third-order valence-electron chi connectivity index (χ3n) is 5.14. The highest BCUT2D eigenvalue weighted by molar-refractivity contribution is 6.32. The smallest absolute Gasteiger partial charge is 0.287 e. The van der Waals surface area contributed by atoms with Crippen molar-refractivity contribution < 1.29 is 4.74 Å². The van der Waals surface area contributed by atoms with E-state index in [2.05, 4.69) is 39.6 Å². The fraction of sp³-hybridized carbons (Fsp3) is 0.304. The summed E-state index contributed by atoms with van der Waals surface area (Å²) in [4.78, 5) is 15.0. The Hall–Kier alpha value is -2.67. The van der Waals surface area contributed by atoms with Crippen LogP contribution in [0.3, 0.4) is 0 Å². The van der Waals surface area contributed by atoms with Crippen molar-refractivity contribution in [1.29, 1.82) is 0 Å². The Bertz CT molecular complexity index is 1030. The highest BCUT2D eigenvalue weighted by Crippen LogP contribution is 2.18. The predicted octanol–water partition coefficient (Wildman–Crippen LogP) is 3.39. The molecule has 1 aliphatic heterocycles. The Kier molecular flexibility index (Phi) is 6.79. The van der Waals surface area contributed by atoms with Gasteiger partial charge in [0.1, 0.15) is 5.02 Å². The molecule has 1 aromatic heterocycles. The van der Waals surface area contributed by atoms with Crippen LogP contribution in [-0.2, 0) is 24.4 Å². The molecule has 0 saturated carbocycles. The first-order chi connectivity index (χ1) is 14.7. The molecule has 0 spiro atoms. The average Bonchev–Trinajstić information content (AvgIpc) is 2.78. The van der Waals surface area contributed by atoms with E-state index in [1.54, 1.807) is 6.20 Å². The number of halogens is 1. The van der Waals surface area contributed by atoms with Crippen LogP contribution in [-0.4, -0.2) is 41.0 Å². The van der Waals surface area contributed by atoms with Gasteiger partial charge in [-0.2, -0.15) is 5.10 Å². The zero-order valence-electron chi connectivity index (χ0n) is 16.8. The zero-order valence-corrected chi connectivity index (χ0v) is 17.5. The first-order valence-corrected chi connectivity index (χ1v) is 10.5. The third kappa shape index (κ3) is 5.27. The van der Waals surface area contributed by atoms with Crippen LogP contribution < -0.4 is 10.9 Å². The molecule has 1 saturated heterocycles. The number of anilines is 1. The Balaban J connectivity index is 1.40. The summed E-state index contributed by atoms with van der Waals surface area (Å²) in [5, 5.41) is 7.69. The molecule has 2 heterocycles. The topological polar surface area (TPSA) is 59.4 Å². The van der Waals surface area contributed by atoms with Crippen molar-refractivity contribution in [2.24, 2.45) is 0 Å². The number of rotatable bonds is 7. The van der Waals surface area contributed by atoms with Crippen LogP contribution in [0, 0.1) is 0 Å². The molecule has 0 aliphatic carbocycles. The van der Waals surface area contributed by atoms with Gasteiger partial charge >= 0.3 is 0 Å². The van der Waals surface area contributed by atoms with Gasteiger partial charge in [0.15, 0.2) is 0 Å². The van der Waals surface area contributed by atoms with Gasteiger partial charge in [-0.05, 0) is 16.7 Å². The molecule has 1 aliphatic rings. The number of nitrogens with one attached hydrogen (secondary N) is 1. The fourth-order valence-corrected chi connectivity index (χ4v) is 3.72. The van der Waals surface area contributed by atoms with Gasteiger partial charge in [0, 0.05) is 26.2 Å². The lowest BCUT2D eigenvalue weighted by atomic mass is 10.1. The standard InChI is InChI=1S/C23H25ClN4O2/c24-22-21(15-26-28(23(22)29)17-18-5-2-1-3-6-18)25-14-19-7-4-8-20(13-19)16-27-9-11-30-12-10-27/h1-8,13,15,25H,9-12,14,16-17H2. The van der Waals surface area contributed by atoms with Crippen molar-refractivity contribution in [3.05, 3.63) is 92.9 Å². The van der Waals surface area contributed by atoms with Crippen molar-refractivity contribution in [3.8, 4) is 0 Å². The molecular weight excluding hydrogens is 400 g/mol. The summed E-state index contributed by atoms with van der Waals surface area (Å²) < 4.78 is 6.79. The van der Waals surface area contributed by atoms with Gasteiger partial charge < -0.3 is 10.1 Å². The second-order valence-electron chi connectivity index (χ2n) is 7.38. The van der Waals surface area contributed by atoms with Crippen LogP contribution in [0.25, 0.3) is 0 Å². The Morgan fingerprint density at radius 1 is 0.967 bits per heavy atom. The Morgan fingerprint density at radius 2 is 1.70 bits per heavy atom. The summed E-state index contributed by atoms with van der Waals surface area (Å²) in [5.74, 6) is 0. The normalized spacial score (nSPS) is 14.6. The molecule has 1 fully saturated rings. The number of nitrogens with zero attached hydrogens (tertiary/aromatic N) is 3. The van der Waals surface area contributed by atoms with E-state index in [4.69, 9.17) is 16.3 Å². The van der Waals surface area contributed by atoms with E-state index in [0.717, 1.165) is 44.0 Å². The molecule has 0 amide bonds. The van der Waals surface area contributed by atoms with E-state index >= 15 is 0 Å². The van der Waals surface area contributed by atoms with Gasteiger partial charge in [-0.15, -0.1) is 0 Å². The molecule has 2 aromatic carbocycles. The molecule has 6 nitrogen and oxygen atoms in total. The lowest BCUT2D eigenvalue weighted by molar-refractivity contribution is 0.0342. The van der Waals surface area contributed by atoms with Gasteiger partial charge in [-0.1, -0.05) is 66.2 Å². The summed E-state index contributed by atoms with van der Waals surface area (Å²) in [5.41, 5.74) is 3.64. The lowest BCUT2D eigenvalue weighted by Gasteiger charge is -2.26. The van der Waals surface area contributed by atoms with E-state index in [1.165, 1.54) is 10.2 Å². The van der Waals surface area contributed by atoms with Crippen LogP contribution in [0.5, 0.6) is 0 Å². The summed E-state index contributed by atoms with van der Waals surface area (Å²) >= 11 is 6.34. The number of ether oxygens (including phenoxy) is 1. The second-order valence-corrected chi connectivity index (χ2v) is 7.76. The van der Waals surface area contributed by atoms with Crippen molar-refractivity contribution in [2.45, 2.75) is 19.6 Å². The number of hydrogen-bond acceptors (Lipinski definition) is 5. The molecule has 0 unspecified atom stereocenters. The molecular formula is C23H25ClN4O2. The highest BCUT2D eigenvalue weighted by atomic mass is 35.5. The van der Waals surface area contributed by atoms with Crippen molar-refractivity contribution in [2.75, 3.05) is 31.6 Å². The zero-order chi connectivity index (χ0) is 20.8. The lowest BCUT2D eigenvalue weighted by Crippen LogP contribution is -2.35. The van der Waals surface area contributed by atoms with Crippen molar-refractivity contribution >= 4 is 17.3 Å². The van der Waals surface area contributed by atoms with Crippen LogP contribution in [0.4, 0.5) is 5.69 Å². The van der Waals surface area contributed by atoms with E-state index < -0.39 is 0 Å². The van der Waals surface area contributed by atoms with E-state index in [-0.39, 0.29) is 10.6 Å². The Morgan fingerprint density at radius 3 is 2.50 bits per heavy atom. The minimum absolute atomic E-state index is 0.158. The maximum atomic E-state index is 12.6. The monoisotopic (exact) mass is 424 g/mol. The second kappa shape index (κ2) is 9.89. The first kappa shape index (κ1) is 20.6. The van der Waals surface area contributed by atoms with Gasteiger partial charge in [0.25, 0.3) is 5.56 Å². The molecule has 30 heavy (non-hydrogen) atoms. The SMILES string of the molecule is O=c1c(Cl)c(NCc2cccc(CN3CCOCC3)c2)cnn1Cc1ccccc1. The van der Waals surface area contributed by atoms with Crippen LogP contribution in [0.1, 0.15) is 16.7 Å². The van der Waals surface area contributed by atoms with E-state index in [0.29, 0.717) is 18.8 Å². The quantitative estimate of drug-likeness (QED) is 0.630. The Labute approximate surface area is 181 Å². The van der Waals surface area contributed by atoms with Crippen LogP contribution >= 0.6 is 11.6 Å². The van der Waals surface area contributed by atoms with E-state index in [9.17, 15) is 4.79 Å². The molecule has 1 N–H and O–H groups in total. The highest BCUT2D eigenvalue weighted by Gasteiger charge is 2.12. The summed E-state index contributed by atoms with van der Waals surface area (Å²) in [6, 6.07) is 18.2.